The molecule has 0 heterocycles. The fourth-order valence-corrected chi connectivity index (χ4v) is 2.25. The van der Waals surface area contributed by atoms with Crippen LogP contribution >= 0.6 is 0 Å². The fourth-order valence-electron chi connectivity index (χ4n) is 2.25. The smallest absolute Gasteiger partial charge is 0.0849 e. The summed E-state index contributed by atoms with van der Waals surface area (Å²) in [5.41, 5.74) is 2.19. The Balaban J connectivity index is 4.19. The van der Waals surface area contributed by atoms with Gasteiger partial charge in [0, 0.05) is 0 Å². The molecule has 0 rings (SSSR count). The van der Waals surface area contributed by atoms with E-state index in [1.165, 1.54) is 11.1 Å². The van der Waals surface area contributed by atoms with E-state index in [1.807, 2.05) is 19.9 Å². The highest BCUT2D eigenvalue weighted by Crippen LogP contribution is 2.18. The van der Waals surface area contributed by atoms with E-state index in [0.29, 0.717) is 12.8 Å². The van der Waals surface area contributed by atoms with Gasteiger partial charge in [0.2, 0.25) is 0 Å². The minimum absolute atomic E-state index is 0.0438. The average molecular weight is 341 g/mol. The number of rotatable bonds is 11. The van der Waals surface area contributed by atoms with Crippen LogP contribution in [0.4, 0.5) is 0 Å². The maximum absolute atomic E-state index is 9.92. The first-order valence-corrected chi connectivity index (χ1v) is 8.75. The Hall–Kier alpha value is -0.940. The average Bonchev–Trinajstić information content (AvgIpc) is 2.49. The molecular weight excluding hydrogens is 304 g/mol. The normalized spacial score (nSPS) is 17.1. The highest BCUT2D eigenvalue weighted by Gasteiger charge is 2.23. The molecule has 0 amide bonds. The van der Waals surface area contributed by atoms with Gasteiger partial charge in [0.15, 0.2) is 0 Å². The SMILES string of the molecule is CC(=CCC(O)C(C)=CCO)CCC=C(C)CCC(O)C(C)(C)O. The summed E-state index contributed by atoms with van der Waals surface area (Å²) in [6.45, 7) is 9.12. The Labute approximate surface area is 147 Å². The maximum Gasteiger partial charge on any atom is 0.0849 e. The summed E-state index contributed by atoms with van der Waals surface area (Å²) in [6.07, 6.45) is 8.35. The summed E-state index contributed by atoms with van der Waals surface area (Å²) >= 11 is 0. The standard InChI is InChI=1S/C20H36O4/c1-15(9-11-18(22)17(3)13-14-21)7-6-8-16(2)10-12-19(23)20(4,5)24/h8-9,13,18-19,21-24H,6-7,10-12,14H2,1-5H3. The summed E-state index contributed by atoms with van der Waals surface area (Å²) in [6, 6.07) is 0. The Morgan fingerprint density at radius 1 is 0.958 bits per heavy atom. The lowest BCUT2D eigenvalue weighted by atomic mass is 9.95. The van der Waals surface area contributed by atoms with Crippen molar-refractivity contribution in [2.45, 2.75) is 84.5 Å². The van der Waals surface area contributed by atoms with Gasteiger partial charge in [0.25, 0.3) is 0 Å². The van der Waals surface area contributed by atoms with E-state index >= 15 is 0 Å². The summed E-state index contributed by atoms with van der Waals surface area (Å²) < 4.78 is 0. The lowest BCUT2D eigenvalue weighted by molar-refractivity contribution is -0.0509. The Morgan fingerprint density at radius 2 is 1.54 bits per heavy atom. The quantitative estimate of drug-likeness (QED) is 0.435. The first-order valence-electron chi connectivity index (χ1n) is 8.75. The van der Waals surface area contributed by atoms with Crippen LogP contribution in [0.5, 0.6) is 0 Å². The maximum atomic E-state index is 9.92. The van der Waals surface area contributed by atoms with Crippen LogP contribution in [0.2, 0.25) is 0 Å². The Bertz CT molecular complexity index is 441. The zero-order valence-electron chi connectivity index (χ0n) is 15.9. The number of allylic oxidation sites excluding steroid dienone is 3. The van der Waals surface area contributed by atoms with Crippen molar-refractivity contribution in [2.24, 2.45) is 0 Å². The first-order chi connectivity index (χ1) is 11.1. The number of hydrogen-bond donors (Lipinski definition) is 4. The van der Waals surface area contributed by atoms with Crippen LogP contribution in [0, 0.1) is 0 Å². The van der Waals surface area contributed by atoms with E-state index < -0.39 is 17.8 Å². The van der Waals surface area contributed by atoms with Gasteiger partial charge in [-0.3, -0.25) is 0 Å². The molecular formula is C20H36O4. The molecule has 0 spiro atoms. The minimum atomic E-state index is -1.05. The molecule has 0 saturated carbocycles. The van der Waals surface area contributed by atoms with E-state index in [1.54, 1.807) is 19.9 Å². The molecule has 4 N–H and O–H groups in total. The molecule has 24 heavy (non-hydrogen) atoms. The minimum Gasteiger partial charge on any atom is -0.392 e. The lowest BCUT2D eigenvalue weighted by Crippen LogP contribution is -2.35. The van der Waals surface area contributed by atoms with Crippen LogP contribution in [-0.2, 0) is 0 Å². The van der Waals surface area contributed by atoms with Crippen molar-refractivity contribution in [1.29, 1.82) is 0 Å². The van der Waals surface area contributed by atoms with Crippen LogP contribution in [0.15, 0.2) is 34.9 Å². The second-order valence-corrected chi connectivity index (χ2v) is 7.23. The van der Waals surface area contributed by atoms with Crippen LogP contribution in [0.1, 0.15) is 66.7 Å². The van der Waals surface area contributed by atoms with Crippen molar-refractivity contribution in [2.75, 3.05) is 6.61 Å². The Morgan fingerprint density at radius 3 is 2.08 bits per heavy atom. The van der Waals surface area contributed by atoms with Crippen molar-refractivity contribution in [3.05, 3.63) is 34.9 Å². The molecule has 0 aliphatic carbocycles. The van der Waals surface area contributed by atoms with E-state index in [9.17, 15) is 15.3 Å². The van der Waals surface area contributed by atoms with Gasteiger partial charge in [0.05, 0.1) is 24.4 Å². The third kappa shape index (κ3) is 10.8. The van der Waals surface area contributed by atoms with Gasteiger partial charge < -0.3 is 20.4 Å². The Kier molecular flexibility index (Phi) is 11.1. The summed E-state index contributed by atoms with van der Waals surface area (Å²) in [5, 5.41) is 38.3. The highest BCUT2D eigenvalue weighted by atomic mass is 16.3. The molecule has 2 unspecified atom stereocenters. The molecule has 0 aromatic rings. The predicted octanol–water partition coefficient (Wildman–Crippen LogP) is 3.26. The van der Waals surface area contributed by atoms with Crippen molar-refractivity contribution in [3.63, 3.8) is 0 Å². The summed E-state index contributed by atoms with van der Waals surface area (Å²) in [7, 11) is 0. The van der Waals surface area contributed by atoms with Gasteiger partial charge in [-0.15, -0.1) is 0 Å². The molecule has 0 aliphatic rings. The topological polar surface area (TPSA) is 80.9 Å². The summed E-state index contributed by atoms with van der Waals surface area (Å²) in [5.74, 6) is 0. The third-order valence-corrected chi connectivity index (χ3v) is 4.29. The highest BCUT2D eigenvalue weighted by molar-refractivity contribution is 5.10. The van der Waals surface area contributed by atoms with Crippen LogP contribution in [0.3, 0.4) is 0 Å². The number of aliphatic hydroxyl groups is 4. The van der Waals surface area contributed by atoms with Crippen molar-refractivity contribution in [3.8, 4) is 0 Å². The second-order valence-electron chi connectivity index (χ2n) is 7.23. The summed E-state index contributed by atoms with van der Waals surface area (Å²) in [4.78, 5) is 0. The molecule has 0 aromatic heterocycles. The van der Waals surface area contributed by atoms with Crippen LogP contribution in [0.25, 0.3) is 0 Å². The molecule has 4 heteroatoms. The molecule has 4 nitrogen and oxygen atoms in total. The molecule has 0 aliphatic heterocycles. The molecule has 0 fully saturated rings. The zero-order chi connectivity index (χ0) is 18.8. The molecule has 0 saturated heterocycles. The van der Waals surface area contributed by atoms with Gasteiger partial charge >= 0.3 is 0 Å². The fraction of sp³-hybridized carbons (Fsp3) is 0.700. The van der Waals surface area contributed by atoms with Gasteiger partial charge in [-0.05, 0) is 72.3 Å². The van der Waals surface area contributed by atoms with E-state index in [-0.39, 0.29) is 6.61 Å². The monoisotopic (exact) mass is 340 g/mol. The van der Waals surface area contributed by atoms with Crippen LogP contribution in [-0.4, -0.2) is 44.8 Å². The van der Waals surface area contributed by atoms with Gasteiger partial charge in [-0.1, -0.05) is 29.4 Å². The van der Waals surface area contributed by atoms with Gasteiger partial charge in [-0.25, -0.2) is 0 Å². The largest absolute Gasteiger partial charge is 0.392 e. The molecule has 2 atom stereocenters. The van der Waals surface area contributed by atoms with Crippen molar-refractivity contribution >= 4 is 0 Å². The molecule has 140 valence electrons. The number of hydrogen-bond acceptors (Lipinski definition) is 4. The predicted molar refractivity (Wildman–Crippen MR) is 99.8 cm³/mol. The molecule has 0 aromatic carbocycles. The van der Waals surface area contributed by atoms with Gasteiger partial charge in [-0.2, -0.15) is 0 Å². The number of aliphatic hydroxyl groups excluding tert-OH is 3. The van der Waals surface area contributed by atoms with Gasteiger partial charge in [0.1, 0.15) is 0 Å². The third-order valence-electron chi connectivity index (χ3n) is 4.29. The zero-order valence-corrected chi connectivity index (χ0v) is 15.9. The molecule has 0 radical (unpaired) electrons. The van der Waals surface area contributed by atoms with Crippen molar-refractivity contribution in [1.82, 2.24) is 0 Å². The molecule has 0 bridgehead atoms. The lowest BCUT2D eigenvalue weighted by Gasteiger charge is -2.24. The van der Waals surface area contributed by atoms with E-state index in [2.05, 4.69) is 13.0 Å². The van der Waals surface area contributed by atoms with E-state index in [4.69, 9.17) is 5.11 Å². The van der Waals surface area contributed by atoms with E-state index in [0.717, 1.165) is 24.8 Å². The van der Waals surface area contributed by atoms with Crippen molar-refractivity contribution < 1.29 is 20.4 Å². The second kappa shape index (κ2) is 11.6. The first kappa shape index (κ1) is 23.1. The van der Waals surface area contributed by atoms with Crippen LogP contribution < -0.4 is 0 Å².